The molecule has 6 heteroatoms. The van der Waals surface area contributed by atoms with E-state index in [4.69, 9.17) is 9.84 Å². The van der Waals surface area contributed by atoms with Gasteiger partial charge in [-0.2, -0.15) is 0 Å². The van der Waals surface area contributed by atoms with Gasteiger partial charge in [-0.15, -0.1) is 11.3 Å². The number of benzene rings is 1. The molecular weight excluding hydrogens is 302 g/mol. The van der Waals surface area contributed by atoms with Crippen molar-refractivity contribution in [1.82, 2.24) is 5.32 Å². The number of amides is 1. The van der Waals surface area contributed by atoms with Crippen LogP contribution < -0.4 is 10.1 Å². The van der Waals surface area contributed by atoms with E-state index in [0.717, 1.165) is 10.4 Å². The van der Waals surface area contributed by atoms with Gasteiger partial charge in [0.05, 0.1) is 0 Å². The van der Waals surface area contributed by atoms with Crippen LogP contribution in [0.2, 0.25) is 0 Å². The zero-order chi connectivity index (χ0) is 15.9. The first-order chi connectivity index (χ1) is 10.5. The van der Waals surface area contributed by atoms with Crippen LogP contribution in [0.3, 0.4) is 0 Å². The van der Waals surface area contributed by atoms with Crippen molar-refractivity contribution in [3.05, 3.63) is 52.2 Å². The zero-order valence-electron chi connectivity index (χ0n) is 12.1. The summed E-state index contributed by atoms with van der Waals surface area (Å²) in [5.41, 5.74) is 0.796. The summed E-state index contributed by atoms with van der Waals surface area (Å²) in [4.78, 5) is 23.3. The van der Waals surface area contributed by atoms with Crippen molar-refractivity contribution in [2.45, 2.75) is 26.0 Å². The minimum atomic E-state index is -1.06. The Kier molecular flexibility index (Phi) is 5.55. The average molecular weight is 319 g/mol. The van der Waals surface area contributed by atoms with Gasteiger partial charge in [-0.3, -0.25) is 4.79 Å². The Bertz CT molecular complexity index is 639. The topological polar surface area (TPSA) is 75.6 Å². The number of carboxylic acid groups (broad SMARTS) is 1. The fraction of sp³-hybridized carbons (Fsp3) is 0.250. The van der Waals surface area contributed by atoms with Crippen LogP contribution in [0.15, 0.2) is 41.8 Å². The third-order valence-corrected chi connectivity index (χ3v) is 3.82. The lowest BCUT2D eigenvalue weighted by Gasteiger charge is -2.14. The van der Waals surface area contributed by atoms with Crippen molar-refractivity contribution in [1.29, 1.82) is 0 Å². The minimum absolute atomic E-state index is 0.213. The molecule has 2 aromatic rings. The Labute approximate surface area is 132 Å². The molecule has 5 nitrogen and oxygen atoms in total. The van der Waals surface area contributed by atoms with E-state index in [2.05, 4.69) is 5.32 Å². The van der Waals surface area contributed by atoms with Gasteiger partial charge in [-0.05, 0) is 29.1 Å². The summed E-state index contributed by atoms with van der Waals surface area (Å²) in [5, 5.41) is 13.5. The highest BCUT2D eigenvalue weighted by Crippen LogP contribution is 2.18. The van der Waals surface area contributed by atoms with Crippen LogP contribution >= 0.6 is 11.3 Å². The molecule has 0 aliphatic carbocycles. The number of aliphatic carboxylic acids is 1. The van der Waals surface area contributed by atoms with Crippen LogP contribution in [0.1, 0.15) is 17.4 Å². The van der Waals surface area contributed by atoms with Crippen molar-refractivity contribution in [3.8, 4) is 5.75 Å². The number of carbonyl (C=O) groups is 2. The van der Waals surface area contributed by atoms with E-state index in [1.54, 1.807) is 17.4 Å². The van der Waals surface area contributed by atoms with E-state index in [1.165, 1.54) is 6.92 Å². The molecule has 0 saturated carbocycles. The Morgan fingerprint density at radius 3 is 2.77 bits per heavy atom. The lowest BCUT2D eigenvalue weighted by Crippen LogP contribution is -2.41. The van der Waals surface area contributed by atoms with Gasteiger partial charge in [0.25, 0.3) is 0 Å². The molecule has 0 spiro atoms. The van der Waals surface area contributed by atoms with Crippen LogP contribution in [0.4, 0.5) is 0 Å². The second kappa shape index (κ2) is 7.61. The van der Waals surface area contributed by atoms with Crippen LogP contribution in [-0.2, 0) is 22.6 Å². The van der Waals surface area contributed by atoms with Crippen LogP contribution in [0.25, 0.3) is 0 Å². The monoisotopic (exact) mass is 319 g/mol. The molecule has 116 valence electrons. The molecule has 1 aromatic heterocycles. The van der Waals surface area contributed by atoms with Crippen molar-refractivity contribution in [3.63, 3.8) is 0 Å². The summed E-state index contributed by atoms with van der Waals surface area (Å²) in [6.07, 6.45) is 0.213. The lowest BCUT2D eigenvalue weighted by atomic mass is 10.1. The normalized spacial score (nSPS) is 11.7. The predicted octanol–water partition coefficient (Wildman–Crippen LogP) is 2.46. The van der Waals surface area contributed by atoms with E-state index >= 15 is 0 Å². The van der Waals surface area contributed by atoms with Gasteiger partial charge in [0.15, 0.2) is 0 Å². The molecule has 1 amide bonds. The first kappa shape index (κ1) is 16.0. The van der Waals surface area contributed by atoms with Gasteiger partial charge in [-0.25, -0.2) is 4.79 Å². The van der Waals surface area contributed by atoms with Crippen molar-refractivity contribution in [2.75, 3.05) is 0 Å². The molecule has 2 N–H and O–H groups in total. The first-order valence-electron chi connectivity index (χ1n) is 6.78. The van der Waals surface area contributed by atoms with Crippen LogP contribution in [0.5, 0.6) is 5.75 Å². The Balaban J connectivity index is 2.00. The van der Waals surface area contributed by atoms with Crippen molar-refractivity contribution < 1.29 is 19.4 Å². The molecule has 0 bridgehead atoms. The van der Waals surface area contributed by atoms with Gasteiger partial charge in [-0.1, -0.05) is 18.2 Å². The van der Waals surface area contributed by atoms with E-state index in [9.17, 15) is 9.59 Å². The second-order valence-corrected chi connectivity index (χ2v) is 5.84. The molecular formula is C16H17NO4S. The molecule has 1 aromatic carbocycles. The summed E-state index contributed by atoms with van der Waals surface area (Å²) < 4.78 is 5.69. The number of carboxylic acids is 1. The Morgan fingerprint density at radius 2 is 2.14 bits per heavy atom. The first-order valence-corrected chi connectivity index (χ1v) is 7.66. The lowest BCUT2D eigenvalue weighted by molar-refractivity contribution is -0.141. The van der Waals surface area contributed by atoms with E-state index in [1.807, 2.05) is 35.7 Å². The standard InChI is InChI=1S/C16H17NO4S/c1-11(18)17-15(16(19)20)9-12-4-2-5-13(8-12)21-10-14-6-3-7-22-14/h2-8,15H,9-10H2,1H3,(H,17,18)(H,19,20)/t15-/m0/s1. The quantitative estimate of drug-likeness (QED) is 0.822. The number of hydrogen-bond acceptors (Lipinski definition) is 4. The maximum absolute atomic E-state index is 11.2. The predicted molar refractivity (Wildman–Crippen MR) is 84.0 cm³/mol. The summed E-state index contributed by atoms with van der Waals surface area (Å²) in [6, 6.07) is 10.3. The summed E-state index contributed by atoms with van der Waals surface area (Å²) in [7, 11) is 0. The van der Waals surface area contributed by atoms with Crippen LogP contribution in [0, 0.1) is 0 Å². The van der Waals surface area contributed by atoms with Gasteiger partial charge in [0, 0.05) is 18.2 Å². The highest BCUT2D eigenvalue weighted by molar-refractivity contribution is 7.09. The third kappa shape index (κ3) is 4.89. The molecule has 1 heterocycles. The second-order valence-electron chi connectivity index (χ2n) is 4.81. The molecule has 0 aliphatic rings. The Morgan fingerprint density at radius 1 is 1.32 bits per heavy atom. The smallest absolute Gasteiger partial charge is 0.326 e. The van der Waals surface area contributed by atoms with Gasteiger partial charge < -0.3 is 15.2 Å². The van der Waals surface area contributed by atoms with Crippen molar-refractivity contribution >= 4 is 23.2 Å². The van der Waals surface area contributed by atoms with Gasteiger partial charge in [0.2, 0.25) is 5.91 Å². The number of carbonyl (C=O) groups excluding carboxylic acids is 1. The van der Waals surface area contributed by atoms with E-state index < -0.39 is 12.0 Å². The number of ether oxygens (including phenoxy) is 1. The molecule has 1 atom stereocenters. The number of rotatable bonds is 7. The molecule has 0 radical (unpaired) electrons. The van der Waals surface area contributed by atoms with E-state index in [0.29, 0.717) is 12.4 Å². The average Bonchev–Trinajstić information content (AvgIpc) is 2.97. The van der Waals surface area contributed by atoms with E-state index in [-0.39, 0.29) is 12.3 Å². The molecule has 0 fully saturated rings. The fourth-order valence-corrected chi connectivity index (χ4v) is 2.61. The largest absolute Gasteiger partial charge is 0.488 e. The summed E-state index contributed by atoms with van der Waals surface area (Å²) in [6.45, 7) is 1.78. The molecule has 2 rings (SSSR count). The van der Waals surface area contributed by atoms with Crippen molar-refractivity contribution in [2.24, 2.45) is 0 Å². The number of nitrogens with one attached hydrogen (secondary N) is 1. The zero-order valence-corrected chi connectivity index (χ0v) is 12.9. The SMILES string of the molecule is CC(=O)N[C@@H](Cc1cccc(OCc2cccs2)c1)C(=O)O. The summed E-state index contributed by atoms with van der Waals surface area (Å²) in [5.74, 6) is -0.740. The highest BCUT2D eigenvalue weighted by atomic mass is 32.1. The molecule has 0 saturated heterocycles. The molecule has 0 aliphatic heterocycles. The third-order valence-electron chi connectivity index (χ3n) is 2.98. The molecule has 0 unspecified atom stereocenters. The van der Waals surface area contributed by atoms with Crippen LogP contribution in [-0.4, -0.2) is 23.0 Å². The Hall–Kier alpha value is -2.34. The highest BCUT2D eigenvalue weighted by Gasteiger charge is 2.18. The minimum Gasteiger partial charge on any atom is -0.488 e. The van der Waals surface area contributed by atoms with Gasteiger partial charge >= 0.3 is 5.97 Å². The maximum Gasteiger partial charge on any atom is 0.326 e. The number of thiophene rings is 1. The molecule has 22 heavy (non-hydrogen) atoms. The fourth-order valence-electron chi connectivity index (χ4n) is 1.99. The number of hydrogen-bond donors (Lipinski definition) is 2. The summed E-state index contributed by atoms with van der Waals surface area (Å²) >= 11 is 1.62. The van der Waals surface area contributed by atoms with Gasteiger partial charge in [0.1, 0.15) is 18.4 Å². The maximum atomic E-state index is 11.2.